The third-order valence-corrected chi connectivity index (χ3v) is 5.17. The van der Waals surface area contributed by atoms with Crippen LogP contribution in [0.4, 0.5) is 5.95 Å². The number of aryl methyl sites for hydroxylation is 1. The summed E-state index contributed by atoms with van der Waals surface area (Å²) in [7, 11) is 0. The molecular formula is C20H18N4O2. The minimum absolute atomic E-state index is 0.0522. The molecule has 2 aliphatic rings. The van der Waals surface area contributed by atoms with Gasteiger partial charge in [-0.25, -0.2) is 4.68 Å². The van der Waals surface area contributed by atoms with Gasteiger partial charge in [0, 0.05) is 23.6 Å². The molecule has 0 bridgehead atoms. The van der Waals surface area contributed by atoms with Gasteiger partial charge in [-0.2, -0.15) is 10.1 Å². The molecule has 26 heavy (non-hydrogen) atoms. The van der Waals surface area contributed by atoms with Crippen molar-refractivity contribution < 1.29 is 9.21 Å². The SMILES string of the molecule is Cc1cccc([C@@H]2C3=C(C[C@H](c4ccco4)CC3=O)Nc3ncnn32)c1. The fourth-order valence-corrected chi connectivity index (χ4v) is 4.03. The largest absolute Gasteiger partial charge is 0.469 e. The number of rotatable bonds is 2. The van der Waals surface area contributed by atoms with Crippen LogP contribution >= 0.6 is 0 Å². The number of carbonyl (C=O) groups is 1. The Bertz CT molecular complexity index is 1020. The Labute approximate surface area is 150 Å². The highest BCUT2D eigenvalue weighted by molar-refractivity contribution is 6.00. The van der Waals surface area contributed by atoms with Gasteiger partial charge in [-0.15, -0.1) is 0 Å². The third kappa shape index (κ3) is 2.29. The second-order valence-corrected chi connectivity index (χ2v) is 6.91. The monoisotopic (exact) mass is 346 g/mol. The van der Waals surface area contributed by atoms with Crippen molar-refractivity contribution in [2.45, 2.75) is 31.7 Å². The van der Waals surface area contributed by atoms with E-state index in [0.717, 1.165) is 34.6 Å². The van der Waals surface area contributed by atoms with Gasteiger partial charge in [-0.05, 0) is 31.0 Å². The number of anilines is 1. The lowest BCUT2D eigenvalue weighted by Gasteiger charge is -2.34. The van der Waals surface area contributed by atoms with Crippen LogP contribution in [0.5, 0.6) is 0 Å². The molecule has 0 saturated carbocycles. The molecule has 0 fully saturated rings. The number of nitrogens with zero attached hydrogens (tertiary/aromatic N) is 3. The first-order valence-corrected chi connectivity index (χ1v) is 8.73. The standard InChI is InChI=1S/C20H18N4O2/c1-12-4-2-5-13(8-12)19-18-15(23-20-21-11-22-24(19)20)9-14(10-16(18)25)17-6-3-7-26-17/h2-8,11,14,19H,9-10H2,1H3,(H,21,22,23)/t14-,19+/m0/s1. The second kappa shape index (κ2) is 5.69. The zero-order valence-corrected chi connectivity index (χ0v) is 14.3. The highest BCUT2D eigenvalue weighted by atomic mass is 16.3. The molecule has 1 aromatic carbocycles. The first-order valence-electron chi connectivity index (χ1n) is 8.73. The molecule has 0 amide bonds. The quantitative estimate of drug-likeness (QED) is 0.767. The molecule has 3 heterocycles. The number of benzene rings is 1. The van der Waals surface area contributed by atoms with Crippen LogP contribution in [-0.2, 0) is 4.79 Å². The zero-order valence-electron chi connectivity index (χ0n) is 14.3. The van der Waals surface area contributed by atoms with Gasteiger partial charge in [0.25, 0.3) is 0 Å². The Balaban J connectivity index is 1.63. The van der Waals surface area contributed by atoms with E-state index in [0.29, 0.717) is 12.4 Å². The lowest BCUT2D eigenvalue weighted by molar-refractivity contribution is -0.117. The van der Waals surface area contributed by atoms with Crippen LogP contribution in [0.2, 0.25) is 0 Å². The summed E-state index contributed by atoms with van der Waals surface area (Å²) in [4.78, 5) is 17.5. The number of allylic oxidation sites excluding steroid dienone is 2. The maximum absolute atomic E-state index is 13.1. The van der Waals surface area contributed by atoms with Crippen molar-refractivity contribution in [3.63, 3.8) is 0 Å². The fourth-order valence-electron chi connectivity index (χ4n) is 4.03. The van der Waals surface area contributed by atoms with Gasteiger partial charge in [0.15, 0.2) is 5.78 Å². The number of furan rings is 1. The molecule has 3 aromatic rings. The number of hydrogen-bond acceptors (Lipinski definition) is 5. The van der Waals surface area contributed by atoms with Crippen molar-refractivity contribution in [2.75, 3.05) is 5.32 Å². The normalized spacial score (nSPS) is 22.0. The minimum Gasteiger partial charge on any atom is -0.469 e. The fraction of sp³-hybridized carbons (Fsp3) is 0.250. The van der Waals surface area contributed by atoms with E-state index < -0.39 is 0 Å². The molecular weight excluding hydrogens is 328 g/mol. The summed E-state index contributed by atoms with van der Waals surface area (Å²) in [6, 6.07) is 11.8. The summed E-state index contributed by atoms with van der Waals surface area (Å²) in [5.41, 5.74) is 3.92. The Hall–Kier alpha value is -3.15. The van der Waals surface area contributed by atoms with Crippen molar-refractivity contribution in [2.24, 2.45) is 0 Å². The zero-order chi connectivity index (χ0) is 17.7. The summed E-state index contributed by atoms with van der Waals surface area (Å²) in [5, 5.41) is 7.70. The molecule has 6 nitrogen and oxygen atoms in total. The number of aromatic nitrogens is 3. The number of fused-ring (bicyclic) bond motifs is 1. The Morgan fingerprint density at radius 3 is 2.96 bits per heavy atom. The molecule has 2 atom stereocenters. The van der Waals surface area contributed by atoms with Crippen LogP contribution in [0.15, 0.2) is 64.7 Å². The maximum atomic E-state index is 13.1. The minimum atomic E-state index is -0.242. The molecule has 0 saturated heterocycles. The Morgan fingerprint density at radius 2 is 2.15 bits per heavy atom. The van der Waals surface area contributed by atoms with Crippen LogP contribution in [0, 0.1) is 6.92 Å². The predicted octanol–water partition coefficient (Wildman–Crippen LogP) is 3.60. The summed E-state index contributed by atoms with van der Waals surface area (Å²) in [6.07, 6.45) is 4.35. The number of hydrogen-bond donors (Lipinski definition) is 1. The van der Waals surface area contributed by atoms with Gasteiger partial charge >= 0.3 is 0 Å². The summed E-state index contributed by atoms with van der Waals surface area (Å²) in [6.45, 7) is 2.05. The molecule has 5 rings (SSSR count). The van der Waals surface area contributed by atoms with E-state index >= 15 is 0 Å². The van der Waals surface area contributed by atoms with E-state index in [1.165, 1.54) is 6.33 Å². The first kappa shape index (κ1) is 15.1. The Kier molecular flexibility index (Phi) is 3.31. The maximum Gasteiger partial charge on any atom is 0.226 e. The van der Waals surface area contributed by atoms with Crippen molar-refractivity contribution in [1.82, 2.24) is 14.8 Å². The van der Waals surface area contributed by atoms with Crippen LogP contribution in [-0.4, -0.2) is 20.5 Å². The van der Waals surface area contributed by atoms with Gasteiger partial charge in [0.1, 0.15) is 18.1 Å². The molecule has 130 valence electrons. The van der Waals surface area contributed by atoms with E-state index in [2.05, 4.69) is 34.5 Å². The van der Waals surface area contributed by atoms with Gasteiger partial charge < -0.3 is 9.73 Å². The van der Waals surface area contributed by atoms with Gasteiger partial charge in [-0.3, -0.25) is 4.79 Å². The van der Waals surface area contributed by atoms with E-state index in [1.807, 2.05) is 24.3 Å². The van der Waals surface area contributed by atoms with E-state index in [4.69, 9.17) is 4.42 Å². The van der Waals surface area contributed by atoms with Crippen LogP contribution in [0.1, 0.15) is 41.7 Å². The number of nitrogens with one attached hydrogen (secondary N) is 1. The number of carbonyl (C=O) groups excluding carboxylic acids is 1. The highest BCUT2D eigenvalue weighted by Gasteiger charge is 2.39. The number of Topliss-reactive ketones (excluding diaryl/α,β-unsaturated/α-hetero) is 1. The third-order valence-electron chi connectivity index (χ3n) is 5.17. The highest BCUT2D eigenvalue weighted by Crippen LogP contribution is 2.43. The molecule has 0 unspecified atom stereocenters. The van der Waals surface area contributed by atoms with Crippen molar-refractivity contribution >= 4 is 11.7 Å². The molecule has 0 radical (unpaired) electrons. The molecule has 1 aliphatic carbocycles. The van der Waals surface area contributed by atoms with Gasteiger partial charge in [0.2, 0.25) is 5.95 Å². The average Bonchev–Trinajstić information content (AvgIpc) is 3.31. The summed E-state index contributed by atoms with van der Waals surface area (Å²) < 4.78 is 7.35. The summed E-state index contributed by atoms with van der Waals surface area (Å²) >= 11 is 0. The lowest BCUT2D eigenvalue weighted by Crippen LogP contribution is -2.33. The van der Waals surface area contributed by atoms with E-state index in [1.54, 1.807) is 10.9 Å². The van der Waals surface area contributed by atoms with E-state index in [9.17, 15) is 4.79 Å². The molecule has 2 aromatic heterocycles. The predicted molar refractivity (Wildman–Crippen MR) is 95.7 cm³/mol. The molecule has 1 aliphatic heterocycles. The van der Waals surface area contributed by atoms with Crippen molar-refractivity contribution in [3.05, 3.63) is 77.1 Å². The van der Waals surface area contributed by atoms with Crippen molar-refractivity contribution in [3.8, 4) is 0 Å². The van der Waals surface area contributed by atoms with Crippen LogP contribution in [0.3, 0.4) is 0 Å². The molecule has 0 spiro atoms. The van der Waals surface area contributed by atoms with E-state index in [-0.39, 0.29) is 17.7 Å². The van der Waals surface area contributed by atoms with Crippen LogP contribution < -0.4 is 5.32 Å². The Morgan fingerprint density at radius 1 is 1.23 bits per heavy atom. The lowest BCUT2D eigenvalue weighted by atomic mass is 9.79. The van der Waals surface area contributed by atoms with Gasteiger partial charge in [0.05, 0.1) is 6.26 Å². The molecule has 6 heteroatoms. The van der Waals surface area contributed by atoms with Crippen LogP contribution in [0.25, 0.3) is 0 Å². The number of ketones is 1. The second-order valence-electron chi connectivity index (χ2n) is 6.91. The summed E-state index contributed by atoms with van der Waals surface area (Å²) in [5.74, 6) is 1.71. The average molecular weight is 346 g/mol. The molecule has 1 N–H and O–H groups in total. The first-order chi connectivity index (χ1) is 12.7. The smallest absolute Gasteiger partial charge is 0.226 e. The van der Waals surface area contributed by atoms with Crippen molar-refractivity contribution in [1.29, 1.82) is 0 Å². The van der Waals surface area contributed by atoms with Gasteiger partial charge in [-0.1, -0.05) is 29.8 Å². The topological polar surface area (TPSA) is 73.0 Å².